The van der Waals surface area contributed by atoms with Gasteiger partial charge in [-0.15, -0.1) is 0 Å². The molecule has 3 fully saturated rings. The largest absolute Gasteiger partial charge is 0.444 e. The van der Waals surface area contributed by atoms with E-state index in [4.69, 9.17) is 4.74 Å². The van der Waals surface area contributed by atoms with Crippen molar-refractivity contribution in [3.05, 3.63) is 0 Å². The summed E-state index contributed by atoms with van der Waals surface area (Å²) in [4.78, 5) is 19.2. The number of nitrogens with zero attached hydrogens (tertiary/aromatic N) is 3. The van der Waals surface area contributed by atoms with Crippen molar-refractivity contribution in [3.63, 3.8) is 0 Å². The van der Waals surface area contributed by atoms with Crippen LogP contribution in [-0.4, -0.2) is 78.2 Å². The third kappa shape index (κ3) is 4.35. The fourth-order valence-electron chi connectivity index (χ4n) is 3.51. The second-order valence-electron chi connectivity index (χ2n) is 8.15. The highest BCUT2D eigenvalue weighted by Gasteiger charge is 2.34. The van der Waals surface area contributed by atoms with Crippen molar-refractivity contribution in [1.29, 1.82) is 0 Å². The average molecular weight is 309 g/mol. The molecule has 5 heteroatoms. The van der Waals surface area contributed by atoms with Gasteiger partial charge in [-0.1, -0.05) is 0 Å². The zero-order valence-corrected chi connectivity index (χ0v) is 14.4. The van der Waals surface area contributed by atoms with Crippen LogP contribution in [0.3, 0.4) is 0 Å². The van der Waals surface area contributed by atoms with E-state index in [1.165, 1.54) is 32.5 Å². The lowest BCUT2D eigenvalue weighted by atomic mass is 10.2. The number of hydrogen-bond acceptors (Lipinski definition) is 4. The molecule has 0 aromatic rings. The zero-order valence-electron chi connectivity index (χ0n) is 14.4. The molecular weight excluding hydrogens is 278 g/mol. The molecule has 126 valence electrons. The SMILES string of the molecule is CC(C)(C)OC(=O)N1CCC(N2CCN(CC3CC3)CC2)C1. The van der Waals surface area contributed by atoms with Crippen molar-refractivity contribution in [2.24, 2.45) is 5.92 Å². The predicted molar refractivity (Wildman–Crippen MR) is 86.9 cm³/mol. The molecule has 0 N–H and O–H groups in total. The van der Waals surface area contributed by atoms with Crippen molar-refractivity contribution >= 4 is 6.09 Å². The molecular formula is C17H31N3O2. The molecule has 1 unspecified atom stereocenters. The number of hydrogen-bond donors (Lipinski definition) is 0. The van der Waals surface area contributed by atoms with Gasteiger partial charge < -0.3 is 14.5 Å². The van der Waals surface area contributed by atoms with Gasteiger partial charge in [-0.25, -0.2) is 4.79 Å². The molecule has 5 nitrogen and oxygen atoms in total. The first kappa shape index (κ1) is 16.1. The standard InChI is InChI=1S/C17H31N3O2/c1-17(2,3)22-16(21)20-7-6-15(13-20)19-10-8-18(9-11-19)12-14-4-5-14/h14-15H,4-13H2,1-3H3. The minimum Gasteiger partial charge on any atom is -0.444 e. The highest BCUT2D eigenvalue weighted by Crippen LogP contribution is 2.30. The number of rotatable bonds is 3. The van der Waals surface area contributed by atoms with Gasteiger partial charge in [0.15, 0.2) is 0 Å². The maximum atomic E-state index is 12.1. The Balaban J connectivity index is 1.42. The van der Waals surface area contributed by atoms with E-state index in [9.17, 15) is 4.79 Å². The van der Waals surface area contributed by atoms with Crippen LogP contribution in [0.25, 0.3) is 0 Å². The summed E-state index contributed by atoms with van der Waals surface area (Å²) in [6, 6.07) is 0.524. The van der Waals surface area contributed by atoms with Crippen molar-refractivity contribution in [1.82, 2.24) is 14.7 Å². The molecule has 1 atom stereocenters. The Morgan fingerprint density at radius 2 is 1.73 bits per heavy atom. The van der Waals surface area contributed by atoms with Gasteiger partial charge in [-0.05, 0) is 46.0 Å². The van der Waals surface area contributed by atoms with Crippen LogP contribution in [0.1, 0.15) is 40.0 Å². The van der Waals surface area contributed by atoms with Crippen LogP contribution in [0.4, 0.5) is 4.79 Å². The van der Waals surface area contributed by atoms with Gasteiger partial charge in [0.05, 0.1) is 0 Å². The summed E-state index contributed by atoms with van der Waals surface area (Å²) in [5, 5.41) is 0. The number of amides is 1. The molecule has 0 aromatic heterocycles. The highest BCUT2D eigenvalue weighted by atomic mass is 16.6. The molecule has 0 radical (unpaired) electrons. The second-order valence-corrected chi connectivity index (χ2v) is 8.15. The molecule has 3 aliphatic rings. The van der Waals surface area contributed by atoms with Crippen molar-refractivity contribution in [2.45, 2.75) is 51.7 Å². The fourth-order valence-corrected chi connectivity index (χ4v) is 3.51. The first-order valence-electron chi connectivity index (χ1n) is 8.85. The third-order valence-corrected chi connectivity index (χ3v) is 4.95. The zero-order chi connectivity index (χ0) is 15.7. The number of piperazine rings is 1. The van der Waals surface area contributed by atoms with Crippen molar-refractivity contribution < 1.29 is 9.53 Å². The molecule has 0 spiro atoms. The normalized spacial score (nSPS) is 28.1. The van der Waals surface area contributed by atoms with Crippen LogP contribution in [-0.2, 0) is 4.74 Å². The van der Waals surface area contributed by atoms with Crippen LogP contribution in [0.2, 0.25) is 0 Å². The number of ether oxygens (including phenoxy) is 1. The Kier molecular flexibility index (Phi) is 4.64. The van der Waals surface area contributed by atoms with Gasteiger partial charge in [0.2, 0.25) is 0 Å². The third-order valence-electron chi connectivity index (χ3n) is 4.95. The quantitative estimate of drug-likeness (QED) is 0.799. The Hall–Kier alpha value is -0.810. The summed E-state index contributed by atoms with van der Waals surface area (Å²) in [6.45, 7) is 13.5. The topological polar surface area (TPSA) is 36.0 Å². The van der Waals surface area contributed by atoms with Gasteiger partial charge in [-0.2, -0.15) is 0 Å². The molecule has 1 aliphatic carbocycles. The van der Waals surface area contributed by atoms with Crippen LogP contribution in [0.15, 0.2) is 0 Å². The number of likely N-dealkylation sites (tertiary alicyclic amines) is 1. The van der Waals surface area contributed by atoms with Crippen molar-refractivity contribution in [2.75, 3.05) is 45.8 Å². The van der Waals surface area contributed by atoms with E-state index in [-0.39, 0.29) is 6.09 Å². The lowest BCUT2D eigenvalue weighted by Gasteiger charge is -2.38. The summed E-state index contributed by atoms with van der Waals surface area (Å²) < 4.78 is 5.49. The summed E-state index contributed by atoms with van der Waals surface area (Å²) >= 11 is 0. The van der Waals surface area contributed by atoms with E-state index in [0.717, 1.165) is 38.5 Å². The van der Waals surface area contributed by atoms with E-state index < -0.39 is 5.60 Å². The molecule has 1 saturated carbocycles. The van der Waals surface area contributed by atoms with E-state index >= 15 is 0 Å². The molecule has 0 bridgehead atoms. The smallest absolute Gasteiger partial charge is 0.410 e. The minimum atomic E-state index is -0.399. The second kappa shape index (κ2) is 6.36. The highest BCUT2D eigenvalue weighted by molar-refractivity contribution is 5.68. The lowest BCUT2D eigenvalue weighted by molar-refractivity contribution is 0.0269. The van der Waals surface area contributed by atoms with Crippen LogP contribution < -0.4 is 0 Å². The van der Waals surface area contributed by atoms with Gasteiger partial charge in [0.25, 0.3) is 0 Å². The number of carbonyl (C=O) groups is 1. The predicted octanol–water partition coefficient (Wildman–Crippen LogP) is 2.02. The maximum absolute atomic E-state index is 12.1. The van der Waals surface area contributed by atoms with Crippen molar-refractivity contribution in [3.8, 4) is 0 Å². The summed E-state index contributed by atoms with van der Waals surface area (Å²) in [5.74, 6) is 0.987. The molecule has 0 aromatic carbocycles. The fraction of sp³-hybridized carbons (Fsp3) is 0.941. The monoisotopic (exact) mass is 309 g/mol. The van der Waals surface area contributed by atoms with E-state index in [1.807, 2.05) is 25.7 Å². The lowest BCUT2D eigenvalue weighted by Crippen LogP contribution is -2.51. The van der Waals surface area contributed by atoms with Crippen LogP contribution in [0, 0.1) is 5.92 Å². The Morgan fingerprint density at radius 1 is 1.05 bits per heavy atom. The average Bonchev–Trinajstić information content (AvgIpc) is 3.11. The molecule has 1 amide bonds. The van der Waals surface area contributed by atoms with Crippen LogP contribution in [0.5, 0.6) is 0 Å². The Labute approximate surface area is 134 Å². The van der Waals surface area contributed by atoms with Gasteiger partial charge in [-0.3, -0.25) is 4.90 Å². The number of carbonyl (C=O) groups excluding carboxylic acids is 1. The maximum Gasteiger partial charge on any atom is 0.410 e. The molecule has 2 heterocycles. The summed E-state index contributed by atoms with van der Waals surface area (Å²) in [6.07, 6.45) is 3.81. The summed E-state index contributed by atoms with van der Waals surface area (Å²) in [7, 11) is 0. The van der Waals surface area contributed by atoms with Gasteiger partial charge in [0.1, 0.15) is 5.60 Å². The van der Waals surface area contributed by atoms with Gasteiger partial charge >= 0.3 is 6.09 Å². The Bertz CT molecular complexity index is 395. The van der Waals surface area contributed by atoms with E-state index in [0.29, 0.717) is 6.04 Å². The van der Waals surface area contributed by atoms with Gasteiger partial charge in [0, 0.05) is 51.9 Å². The Morgan fingerprint density at radius 3 is 2.32 bits per heavy atom. The molecule has 22 heavy (non-hydrogen) atoms. The molecule has 3 rings (SSSR count). The first-order valence-corrected chi connectivity index (χ1v) is 8.85. The van der Waals surface area contributed by atoms with E-state index in [2.05, 4.69) is 9.80 Å². The van der Waals surface area contributed by atoms with Crippen LogP contribution >= 0.6 is 0 Å². The van der Waals surface area contributed by atoms with E-state index in [1.54, 1.807) is 0 Å². The molecule has 2 saturated heterocycles. The minimum absolute atomic E-state index is 0.151. The molecule has 2 aliphatic heterocycles. The first-order chi connectivity index (χ1) is 10.4. The summed E-state index contributed by atoms with van der Waals surface area (Å²) in [5.41, 5.74) is -0.399.